The van der Waals surface area contributed by atoms with E-state index in [1.807, 2.05) is 36.3 Å². The largest absolute Gasteiger partial charge is 0.433 e. The van der Waals surface area contributed by atoms with Gasteiger partial charge in [-0.05, 0) is 12.0 Å². The minimum absolute atomic E-state index is 0.245. The predicted molar refractivity (Wildman–Crippen MR) is 78.9 cm³/mol. The number of hydrogen-bond acceptors (Lipinski definition) is 1. The van der Waals surface area contributed by atoms with E-state index in [9.17, 15) is 18.3 Å². The van der Waals surface area contributed by atoms with Crippen molar-refractivity contribution in [1.29, 1.82) is 0 Å². The lowest BCUT2D eigenvalue weighted by Gasteiger charge is -2.25. The molecule has 0 fully saturated rings. The maximum Gasteiger partial charge on any atom is 0.433 e. The van der Waals surface area contributed by atoms with E-state index < -0.39 is 11.8 Å². The van der Waals surface area contributed by atoms with E-state index in [0.717, 1.165) is 5.56 Å². The van der Waals surface area contributed by atoms with Gasteiger partial charge in [0.2, 0.25) is 5.60 Å². The van der Waals surface area contributed by atoms with Crippen LogP contribution in [0.2, 0.25) is 0 Å². The van der Waals surface area contributed by atoms with Gasteiger partial charge in [0.05, 0.1) is 0 Å². The number of benzene rings is 2. The fourth-order valence-corrected chi connectivity index (χ4v) is 2.03. The van der Waals surface area contributed by atoms with Crippen LogP contribution in [0.15, 0.2) is 60.7 Å². The molecular weight excluding hydrogens is 289 g/mol. The lowest BCUT2D eigenvalue weighted by Crippen LogP contribution is -2.41. The molecule has 1 unspecified atom stereocenters. The molecule has 1 N–H and O–H groups in total. The first-order valence-corrected chi connectivity index (χ1v) is 6.82. The van der Waals surface area contributed by atoms with Crippen molar-refractivity contribution in [3.63, 3.8) is 0 Å². The molecule has 22 heavy (non-hydrogen) atoms. The van der Waals surface area contributed by atoms with Crippen molar-refractivity contribution in [2.75, 3.05) is 0 Å². The van der Waals surface area contributed by atoms with Gasteiger partial charge in [0.25, 0.3) is 0 Å². The fourth-order valence-electron chi connectivity index (χ4n) is 2.03. The van der Waals surface area contributed by atoms with Gasteiger partial charge in [-0.3, -0.25) is 0 Å². The molecule has 0 aliphatic rings. The van der Waals surface area contributed by atoms with Crippen LogP contribution in [0.5, 0.6) is 0 Å². The summed E-state index contributed by atoms with van der Waals surface area (Å²) < 4.78 is 39.6. The maximum absolute atomic E-state index is 13.2. The van der Waals surface area contributed by atoms with Crippen LogP contribution in [-0.4, -0.2) is 11.3 Å². The van der Waals surface area contributed by atoms with Gasteiger partial charge in [-0.25, -0.2) is 0 Å². The Balaban J connectivity index is 2.17. The van der Waals surface area contributed by atoms with E-state index >= 15 is 0 Å². The van der Waals surface area contributed by atoms with E-state index in [0.29, 0.717) is 6.42 Å². The Kier molecular flexibility index (Phi) is 4.89. The first-order chi connectivity index (χ1) is 10.4. The molecule has 2 rings (SSSR count). The zero-order chi connectivity index (χ0) is 16.1. The predicted octanol–water partition coefficient (Wildman–Crippen LogP) is 4.07. The summed E-state index contributed by atoms with van der Waals surface area (Å²) in [5.41, 5.74) is -2.41. The molecule has 2 aromatic carbocycles. The molecule has 0 bridgehead atoms. The molecule has 114 valence electrons. The van der Waals surface area contributed by atoms with Crippen LogP contribution in [-0.2, 0) is 12.0 Å². The number of hydrogen-bond donors (Lipinski definition) is 1. The molecule has 0 aliphatic heterocycles. The molecule has 4 heteroatoms. The van der Waals surface area contributed by atoms with E-state index in [1.54, 1.807) is 6.07 Å². The third-order valence-electron chi connectivity index (χ3n) is 3.25. The summed E-state index contributed by atoms with van der Waals surface area (Å²) in [7, 11) is 0. The average Bonchev–Trinajstić information content (AvgIpc) is 2.52. The number of rotatable bonds is 3. The van der Waals surface area contributed by atoms with Crippen molar-refractivity contribution in [2.45, 2.75) is 24.6 Å². The normalized spacial score (nSPS) is 13.8. The van der Waals surface area contributed by atoms with Crippen LogP contribution in [0.1, 0.15) is 17.5 Å². The Labute approximate surface area is 127 Å². The second-order valence-electron chi connectivity index (χ2n) is 4.86. The van der Waals surface area contributed by atoms with Crippen molar-refractivity contribution >= 4 is 0 Å². The maximum atomic E-state index is 13.2. The molecule has 1 nitrogen and oxygen atoms in total. The highest BCUT2D eigenvalue weighted by Gasteiger charge is 2.54. The zero-order valence-corrected chi connectivity index (χ0v) is 11.8. The van der Waals surface area contributed by atoms with Gasteiger partial charge >= 0.3 is 6.18 Å². The SMILES string of the molecule is OC(C#CCCc1ccccc1)(c1ccccc1)C(F)(F)F. The van der Waals surface area contributed by atoms with Crippen LogP contribution in [0.25, 0.3) is 0 Å². The highest BCUT2D eigenvalue weighted by atomic mass is 19.4. The Hall–Kier alpha value is -2.25. The number of alkyl halides is 3. The Morgan fingerprint density at radius 3 is 1.95 bits per heavy atom. The molecule has 0 aromatic heterocycles. The smallest absolute Gasteiger partial charge is 0.366 e. The standard InChI is InChI=1S/C18H15F3O/c19-18(20,21)17(22,16-12-5-2-6-13-16)14-8-7-11-15-9-3-1-4-10-15/h1-6,9-10,12-13,22H,7,11H2. The van der Waals surface area contributed by atoms with E-state index in [2.05, 4.69) is 5.92 Å². The quantitative estimate of drug-likeness (QED) is 0.847. The molecule has 0 spiro atoms. The minimum atomic E-state index is -4.85. The molecule has 0 radical (unpaired) electrons. The lowest BCUT2D eigenvalue weighted by atomic mass is 9.93. The number of aliphatic hydroxyl groups is 1. The number of aryl methyl sites for hydroxylation is 1. The molecule has 0 amide bonds. The van der Waals surface area contributed by atoms with Gasteiger partial charge in [0, 0.05) is 12.0 Å². The van der Waals surface area contributed by atoms with Gasteiger partial charge in [0.1, 0.15) is 0 Å². The monoisotopic (exact) mass is 304 g/mol. The van der Waals surface area contributed by atoms with Crippen LogP contribution in [0.4, 0.5) is 13.2 Å². The summed E-state index contributed by atoms with van der Waals surface area (Å²) in [6, 6.07) is 16.3. The van der Waals surface area contributed by atoms with Crippen molar-refractivity contribution in [2.24, 2.45) is 0 Å². The average molecular weight is 304 g/mol. The van der Waals surface area contributed by atoms with Gasteiger partial charge in [-0.2, -0.15) is 13.2 Å². The Morgan fingerprint density at radius 1 is 0.864 bits per heavy atom. The van der Waals surface area contributed by atoms with Gasteiger partial charge in [0.15, 0.2) is 0 Å². The molecule has 1 atom stereocenters. The summed E-state index contributed by atoms with van der Waals surface area (Å²) in [5, 5.41) is 10.0. The van der Waals surface area contributed by atoms with Crippen LogP contribution in [0.3, 0.4) is 0 Å². The van der Waals surface area contributed by atoms with Crippen molar-refractivity contribution < 1.29 is 18.3 Å². The third-order valence-corrected chi connectivity index (χ3v) is 3.25. The van der Waals surface area contributed by atoms with Gasteiger partial charge in [-0.1, -0.05) is 72.5 Å². The summed E-state index contributed by atoms with van der Waals surface area (Å²) in [6.07, 6.45) is -4.07. The third kappa shape index (κ3) is 3.69. The van der Waals surface area contributed by atoms with E-state index in [1.165, 1.54) is 24.3 Å². The summed E-state index contributed by atoms with van der Waals surface area (Å²) in [4.78, 5) is 0. The topological polar surface area (TPSA) is 20.2 Å². The highest BCUT2D eigenvalue weighted by Crippen LogP contribution is 2.38. The lowest BCUT2D eigenvalue weighted by molar-refractivity contribution is -0.240. The van der Waals surface area contributed by atoms with Gasteiger partial charge < -0.3 is 5.11 Å². The minimum Gasteiger partial charge on any atom is -0.366 e. The van der Waals surface area contributed by atoms with E-state index in [4.69, 9.17) is 0 Å². The van der Waals surface area contributed by atoms with E-state index in [-0.39, 0.29) is 12.0 Å². The Bertz CT molecular complexity index is 653. The molecule has 0 aliphatic carbocycles. The summed E-state index contributed by atoms with van der Waals surface area (Å²) >= 11 is 0. The second kappa shape index (κ2) is 6.67. The number of halogens is 3. The van der Waals surface area contributed by atoms with Crippen LogP contribution in [0, 0.1) is 11.8 Å². The van der Waals surface area contributed by atoms with Crippen molar-refractivity contribution in [1.82, 2.24) is 0 Å². The van der Waals surface area contributed by atoms with Gasteiger partial charge in [-0.15, -0.1) is 0 Å². The highest BCUT2D eigenvalue weighted by molar-refractivity contribution is 5.34. The molecule has 0 saturated heterocycles. The van der Waals surface area contributed by atoms with Crippen LogP contribution >= 0.6 is 0 Å². The zero-order valence-electron chi connectivity index (χ0n) is 11.8. The van der Waals surface area contributed by atoms with Crippen molar-refractivity contribution in [3.8, 4) is 11.8 Å². The molecule has 0 heterocycles. The van der Waals surface area contributed by atoms with Crippen molar-refractivity contribution in [3.05, 3.63) is 71.8 Å². The molecular formula is C18H15F3O. The summed E-state index contributed by atoms with van der Waals surface area (Å²) in [6.45, 7) is 0. The van der Waals surface area contributed by atoms with Crippen LogP contribution < -0.4 is 0 Å². The molecule has 2 aromatic rings. The Morgan fingerprint density at radius 2 is 1.41 bits per heavy atom. The molecule has 0 saturated carbocycles. The second-order valence-corrected chi connectivity index (χ2v) is 4.86. The summed E-state index contributed by atoms with van der Waals surface area (Å²) in [5.74, 6) is 4.46. The first-order valence-electron chi connectivity index (χ1n) is 6.82. The first kappa shape index (κ1) is 16.1. The fraction of sp³-hybridized carbons (Fsp3) is 0.222.